The second-order valence-electron chi connectivity index (χ2n) is 4.35. The third-order valence-corrected chi connectivity index (χ3v) is 3.21. The molecule has 16 heavy (non-hydrogen) atoms. The van der Waals surface area contributed by atoms with Crippen LogP contribution in [0.5, 0.6) is 0 Å². The number of nitrogens with zero attached hydrogens (tertiary/aromatic N) is 2. The molecule has 0 bridgehead atoms. The summed E-state index contributed by atoms with van der Waals surface area (Å²) in [5.74, 6) is 0. The van der Waals surface area contributed by atoms with Gasteiger partial charge in [0.2, 0.25) is 0 Å². The highest BCUT2D eigenvalue weighted by Crippen LogP contribution is 2.32. The summed E-state index contributed by atoms with van der Waals surface area (Å²) in [4.78, 5) is 15.9. The summed E-state index contributed by atoms with van der Waals surface area (Å²) in [5, 5.41) is 0. The number of carbonyl (C=O) groups is 1. The number of fused-ring (bicyclic) bond motifs is 1. The minimum atomic E-state index is 0.0972. The van der Waals surface area contributed by atoms with Crippen LogP contribution in [0.1, 0.15) is 19.4 Å². The van der Waals surface area contributed by atoms with Crippen LogP contribution in [-0.2, 0) is 6.42 Å². The maximum atomic E-state index is 12.2. The van der Waals surface area contributed by atoms with Crippen molar-refractivity contribution in [2.45, 2.75) is 26.3 Å². The zero-order valence-corrected chi connectivity index (χ0v) is 10.1. The number of para-hydroxylation sites is 1. The van der Waals surface area contributed by atoms with E-state index in [0.717, 1.165) is 18.7 Å². The van der Waals surface area contributed by atoms with E-state index in [1.807, 2.05) is 37.1 Å². The van der Waals surface area contributed by atoms with Crippen molar-refractivity contribution in [2.24, 2.45) is 0 Å². The Balaban J connectivity index is 2.32. The molecule has 0 aromatic heterocycles. The first kappa shape index (κ1) is 11.0. The van der Waals surface area contributed by atoms with Crippen molar-refractivity contribution in [3.63, 3.8) is 0 Å². The first-order chi connectivity index (χ1) is 7.65. The Hall–Kier alpha value is -1.51. The van der Waals surface area contributed by atoms with Crippen LogP contribution in [0.25, 0.3) is 0 Å². The third kappa shape index (κ3) is 1.66. The lowest BCUT2D eigenvalue weighted by molar-refractivity contribution is 0.216. The van der Waals surface area contributed by atoms with Crippen molar-refractivity contribution < 1.29 is 4.79 Å². The Kier molecular flexibility index (Phi) is 2.86. The van der Waals surface area contributed by atoms with Gasteiger partial charge in [0, 0.05) is 25.3 Å². The number of urea groups is 1. The standard InChI is InChI=1S/C13H18N2O/c1-4-14(3)13(16)15-10(2)9-11-7-5-6-8-12(11)15/h5-8,10H,4,9H2,1-3H3. The van der Waals surface area contributed by atoms with Gasteiger partial charge in [0.1, 0.15) is 0 Å². The lowest BCUT2D eigenvalue weighted by Crippen LogP contribution is -2.44. The highest BCUT2D eigenvalue weighted by molar-refractivity contribution is 5.94. The average molecular weight is 218 g/mol. The molecule has 1 aliphatic rings. The van der Waals surface area contributed by atoms with E-state index in [1.165, 1.54) is 5.56 Å². The van der Waals surface area contributed by atoms with E-state index in [9.17, 15) is 4.79 Å². The van der Waals surface area contributed by atoms with E-state index < -0.39 is 0 Å². The molecular formula is C13H18N2O. The van der Waals surface area contributed by atoms with E-state index in [1.54, 1.807) is 4.90 Å². The molecule has 1 aliphatic heterocycles. The van der Waals surface area contributed by atoms with Crippen LogP contribution in [0.15, 0.2) is 24.3 Å². The Morgan fingerprint density at radius 2 is 2.19 bits per heavy atom. The van der Waals surface area contributed by atoms with Gasteiger partial charge in [-0.2, -0.15) is 0 Å². The van der Waals surface area contributed by atoms with Crippen LogP contribution in [0.3, 0.4) is 0 Å². The molecule has 3 heteroatoms. The molecule has 0 spiro atoms. The number of amides is 2. The first-order valence-electron chi connectivity index (χ1n) is 5.77. The molecule has 1 aromatic carbocycles. The minimum Gasteiger partial charge on any atom is -0.328 e. The second kappa shape index (κ2) is 4.16. The fraction of sp³-hybridized carbons (Fsp3) is 0.462. The number of hydrogen-bond donors (Lipinski definition) is 0. The molecule has 2 amide bonds. The second-order valence-corrected chi connectivity index (χ2v) is 4.35. The van der Waals surface area contributed by atoms with Gasteiger partial charge >= 0.3 is 6.03 Å². The summed E-state index contributed by atoms with van der Waals surface area (Å²) in [6.45, 7) is 4.83. The van der Waals surface area contributed by atoms with Crippen molar-refractivity contribution in [1.82, 2.24) is 4.90 Å². The lowest BCUT2D eigenvalue weighted by Gasteiger charge is -2.27. The number of rotatable bonds is 1. The molecule has 3 nitrogen and oxygen atoms in total. The van der Waals surface area contributed by atoms with Crippen molar-refractivity contribution in [1.29, 1.82) is 0 Å². The van der Waals surface area contributed by atoms with E-state index in [4.69, 9.17) is 0 Å². The van der Waals surface area contributed by atoms with Crippen molar-refractivity contribution in [2.75, 3.05) is 18.5 Å². The Morgan fingerprint density at radius 3 is 2.88 bits per heavy atom. The summed E-state index contributed by atoms with van der Waals surface area (Å²) < 4.78 is 0. The van der Waals surface area contributed by atoms with Gasteiger partial charge in [0.25, 0.3) is 0 Å². The summed E-state index contributed by atoms with van der Waals surface area (Å²) in [6.07, 6.45) is 0.958. The van der Waals surface area contributed by atoms with Crippen LogP contribution in [0.2, 0.25) is 0 Å². The van der Waals surface area contributed by atoms with Gasteiger partial charge in [0.05, 0.1) is 0 Å². The SMILES string of the molecule is CCN(C)C(=O)N1c2ccccc2CC1C. The zero-order chi connectivity index (χ0) is 11.7. The summed E-state index contributed by atoms with van der Waals surface area (Å²) >= 11 is 0. The first-order valence-corrected chi connectivity index (χ1v) is 5.77. The molecule has 0 saturated carbocycles. The number of carbonyl (C=O) groups excluding carboxylic acids is 1. The van der Waals surface area contributed by atoms with Crippen molar-refractivity contribution >= 4 is 11.7 Å². The molecule has 86 valence electrons. The molecule has 1 heterocycles. The van der Waals surface area contributed by atoms with E-state index >= 15 is 0 Å². The fourth-order valence-corrected chi connectivity index (χ4v) is 2.18. The molecule has 0 saturated heterocycles. The lowest BCUT2D eigenvalue weighted by atomic mass is 10.1. The molecule has 0 N–H and O–H groups in total. The van der Waals surface area contributed by atoms with Gasteiger partial charge in [-0.05, 0) is 31.9 Å². The van der Waals surface area contributed by atoms with E-state index in [0.29, 0.717) is 0 Å². The topological polar surface area (TPSA) is 23.6 Å². The molecule has 1 atom stereocenters. The predicted octanol–water partition coefficient (Wildman–Crippen LogP) is 2.51. The zero-order valence-electron chi connectivity index (χ0n) is 10.1. The van der Waals surface area contributed by atoms with Gasteiger partial charge in [-0.15, -0.1) is 0 Å². The number of benzene rings is 1. The molecule has 0 radical (unpaired) electrons. The van der Waals surface area contributed by atoms with E-state index in [2.05, 4.69) is 13.0 Å². The van der Waals surface area contributed by atoms with Crippen molar-refractivity contribution in [3.05, 3.63) is 29.8 Å². The maximum Gasteiger partial charge on any atom is 0.324 e. The monoisotopic (exact) mass is 218 g/mol. The van der Waals surface area contributed by atoms with Gasteiger partial charge in [0.15, 0.2) is 0 Å². The normalized spacial score (nSPS) is 18.4. The summed E-state index contributed by atoms with van der Waals surface area (Å²) in [5.41, 5.74) is 2.34. The predicted molar refractivity (Wildman–Crippen MR) is 65.8 cm³/mol. The number of anilines is 1. The summed E-state index contributed by atoms with van der Waals surface area (Å²) in [7, 11) is 1.84. The molecular weight excluding hydrogens is 200 g/mol. The van der Waals surface area contributed by atoms with Gasteiger partial charge in [-0.25, -0.2) is 4.79 Å². The summed E-state index contributed by atoms with van der Waals surface area (Å²) in [6, 6.07) is 8.51. The van der Waals surface area contributed by atoms with Crippen LogP contribution < -0.4 is 4.90 Å². The van der Waals surface area contributed by atoms with Crippen LogP contribution in [0, 0.1) is 0 Å². The molecule has 0 fully saturated rings. The van der Waals surface area contributed by atoms with Gasteiger partial charge < -0.3 is 4.90 Å². The Morgan fingerprint density at radius 1 is 1.50 bits per heavy atom. The minimum absolute atomic E-state index is 0.0972. The largest absolute Gasteiger partial charge is 0.328 e. The van der Waals surface area contributed by atoms with Gasteiger partial charge in [-0.3, -0.25) is 4.90 Å². The maximum absolute atomic E-state index is 12.2. The van der Waals surface area contributed by atoms with Crippen molar-refractivity contribution in [3.8, 4) is 0 Å². The molecule has 1 unspecified atom stereocenters. The Bertz CT molecular complexity index is 403. The Labute approximate surface area is 96.7 Å². The highest BCUT2D eigenvalue weighted by Gasteiger charge is 2.31. The average Bonchev–Trinajstić information content (AvgIpc) is 2.63. The van der Waals surface area contributed by atoms with Crippen LogP contribution in [0.4, 0.5) is 10.5 Å². The molecule has 1 aromatic rings. The quantitative estimate of drug-likeness (QED) is 0.710. The fourth-order valence-electron chi connectivity index (χ4n) is 2.18. The van der Waals surface area contributed by atoms with Gasteiger partial charge in [-0.1, -0.05) is 18.2 Å². The highest BCUT2D eigenvalue weighted by atomic mass is 16.2. The number of hydrogen-bond acceptors (Lipinski definition) is 1. The molecule has 0 aliphatic carbocycles. The van der Waals surface area contributed by atoms with Crippen LogP contribution >= 0.6 is 0 Å². The third-order valence-electron chi connectivity index (χ3n) is 3.21. The van der Waals surface area contributed by atoms with Crippen LogP contribution in [-0.4, -0.2) is 30.6 Å². The van der Waals surface area contributed by atoms with E-state index in [-0.39, 0.29) is 12.1 Å². The molecule has 2 rings (SSSR count). The smallest absolute Gasteiger partial charge is 0.324 e.